The first-order valence-electron chi connectivity index (χ1n) is 11.4. The van der Waals surface area contributed by atoms with Crippen molar-refractivity contribution >= 4 is 45.0 Å². The molecule has 1 aliphatic heterocycles. The van der Waals surface area contributed by atoms with Gasteiger partial charge in [-0.3, -0.25) is 4.57 Å². The summed E-state index contributed by atoms with van der Waals surface area (Å²) in [5.41, 5.74) is 1.54. The van der Waals surface area contributed by atoms with Gasteiger partial charge in [0.15, 0.2) is 16.8 Å². The molecule has 194 valence electrons. The lowest BCUT2D eigenvalue weighted by Gasteiger charge is -2.30. The summed E-state index contributed by atoms with van der Waals surface area (Å²) in [4.78, 5) is 4.66. The fourth-order valence-electron chi connectivity index (χ4n) is 4.38. The Bertz CT molecular complexity index is 1370. The van der Waals surface area contributed by atoms with Crippen LogP contribution < -0.4 is 0 Å². The van der Waals surface area contributed by atoms with E-state index in [-0.39, 0.29) is 0 Å². The molecule has 0 aliphatic carbocycles. The van der Waals surface area contributed by atoms with Gasteiger partial charge in [-0.1, -0.05) is 54.9 Å². The van der Waals surface area contributed by atoms with Gasteiger partial charge in [0.05, 0.1) is 33.9 Å². The molecule has 0 atom stereocenters. The lowest BCUT2D eigenvalue weighted by Crippen LogP contribution is -2.38. The fourth-order valence-corrected chi connectivity index (χ4v) is 6.73. The molecule has 11 heteroatoms. The Balaban J connectivity index is 1.66. The van der Waals surface area contributed by atoms with Crippen LogP contribution in [0.4, 0.5) is 8.78 Å². The Labute approximate surface area is 224 Å². The minimum absolute atomic E-state index is 0.314. The molecule has 0 unspecified atom stereocenters. The molecule has 1 aliphatic rings. The molecule has 0 N–H and O–H groups in total. The average Bonchev–Trinajstić information content (AvgIpc) is 3.26. The number of nitrogens with zero attached hydrogens (tertiary/aromatic N) is 3. The van der Waals surface area contributed by atoms with Crippen LogP contribution in [0.15, 0.2) is 47.8 Å². The van der Waals surface area contributed by atoms with Crippen LogP contribution in [0.5, 0.6) is 0 Å². The van der Waals surface area contributed by atoms with Gasteiger partial charge >= 0.3 is 0 Å². The molecule has 2 heterocycles. The zero-order valence-electron chi connectivity index (χ0n) is 20.1. The third-order valence-corrected chi connectivity index (χ3v) is 9.89. The molecule has 1 saturated heterocycles. The van der Waals surface area contributed by atoms with Crippen molar-refractivity contribution in [2.75, 3.05) is 25.1 Å². The number of thioether (sulfide) groups is 1. The topological polar surface area (TPSA) is 55.2 Å². The maximum absolute atomic E-state index is 14.3. The van der Waals surface area contributed by atoms with Crippen LogP contribution in [-0.4, -0.2) is 47.4 Å². The number of sulfonamides is 1. The van der Waals surface area contributed by atoms with Crippen molar-refractivity contribution in [2.45, 2.75) is 37.3 Å². The first-order chi connectivity index (χ1) is 16.9. The molecule has 0 radical (unpaired) electrons. The molecular formula is C25H27Cl2F2N3O2S2. The van der Waals surface area contributed by atoms with E-state index in [1.165, 1.54) is 34.5 Å². The maximum Gasteiger partial charge on any atom is 0.211 e. The normalized spacial score (nSPS) is 16.0. The van der Waals surface area contributed by atoms with E-state index in [4.69, 9.17) is 23.2 Å². The Morgan fingerprint density at radius 1 is 1.06 bits per heavy atom. The van der Waals surface area contributed by atoms with Gasteiger partial charge in [-0.15, -0.1) is 0 Å². The number of aromatic nitrogens is 2. The largest absolute Gasteiger partial charge is 0.291 e. The summed E-state index contributed by atoms with van der Waals surface area (Å²) in [5, 5.41) is 1.52. The van der Waals surface area contributed by atoms with Gasteiger partial charge in [-0.05, 0) is 48.6 Å². The van der Waals surface area contributed by atoms with E-state index in [0.29, 0.717) is 39.9 Å². The van der Waals surface area contributed by atoms with Crippen LogP contribution >= 0.6 is 35.0 Å². The summed E-state index contributed by atoms with van der Waals surface area (Å²) in [6, 6.07) is 9.23. The Kier molecular flexibility index (Phi) is 8.07. The maximum atomic E-state index is 14.3. The second-order valence-electron chi connectivity index (χ2n) is 9.53. The van der Waals surface area contributed by atoms with Crippen LogP contribution in [0.3, 0.4) is 0 Å². The van der Waals surface area contributed by atoms with Crippen LogP contribution in [-0.2, 0) is 15.4 Å². The summed E-state index contributed by atoms with van der Waals surface area (Å²) in [6.45, 7) is 5.01. The van der Waals surface area contributed by atoms with Gasteiger partial charge in [0, 0.05) is 30.3 Å². The molecule has 5 nitrogen and oxygen atoms in total. The third kappa shape index (κ3) is 5.75. The molecule has 0 saturated carbocycles. The number of halogens is 4. The monoisotopic (exact) mass is 573 g/mol. The first kappa shape index (κ1) is 27.4. The van der Waals surface area contributed by atoms with Gasteiger partial charge < -0.3 is 0 Å². The van der Waals surface area contributed by atoms with E-state index in [2.05, 4.69) is 4.98 Å². The van der Waals surface area contributed by atoms with Crippen molar-refractivity contribution in [1.82, 2.24) is 13.9 Å². The van der Waals surface area contributed by atoms with E-state index in [9.17, 15) is 17.2 Å². The highest BCUT2D eigenvalue weighted by Crippen LogP contribution is 2.39. The number of imidazole rings is 1. The molecular weight excluding hydrogens is 547 g/mol. The number of hydrogen-bond donors (Lipinski definition) is 0. The molecule has 1 aromatic heterocycles. The number of hydrogen-bond acceptors (Lipinski definition) is 4. The van der Waals surface area contributed by atoms with Crippen molar-refractivity contribution in [2.24, 2.45) is 5.92 Å². The summed E-state index contributed by atoms with van der Waals surface area (Å²) in [5.74, 6) is -0.820. The predicted octanol–water partition coefficient (Wildman–Crippen LogP) is 6.55. The third-order valence-electron chi connectivity index (χ3n) is 6.66. The SMILES string of the molecule is CC(C)(c1ccc(Cl)c(Cl)c1)c1cnc(SCC2CCN(S(C)(=O)=O)CC2)n1-c1ccc(F)c(F)c1. The highest BCUT2D eigenvalue weighted by Gasteiger charge is 2.31. The molecule has 0 amide bonds. The van der Waals surface area contributed by atoms with Crippen molar-refractivity contribution < 1.29 is 17.2 Å². The zero-order valence-corrected chi connectivity index (χ0v) is 23.3. The van der Waals surface area contributed by atoms with E-state index in [1.54, 1.807) is 18.3 Å². The lowest BCUT2D eigenvalue weighted by molar-refractivity contribution is 0.292. The molecule has 1 fully saturated rings. The lowest BCUT2D eigenvalue weighted by atomic mass is 9.81. The second kappa shape index (κ2) is 10.6. The van der Waals surface area contributed by atoms with Crippen LogP contribution in [0.2, 0.25) is 10.0 Å². The van der Waals surface area contributed by atoms with Gasteiger partial charge in [0.2, 0.25) is 10.0 Å². The van der Waals surface area contributed by atoms with Gasteiger partial charge in [-0.25, -0.2) is 26.5 Å². The zero-order chi connectivity index (χ0) is 26.3. The smallest absolute Gasteiger partial charge is 0.211 e. The predicted molar refractivity (Wildman–Crippen MR) is 142 cm³/mol. The first-order valence-corrected chi connectivity index (χ1v) is 15.0. The summed E-state index contributed by atoms with van der Waals surface area (Å²) < 4.78 is 55.0. The average molecular weight is 575 g/mol. The van der Waals surface area contributed by atoms with Crippen LogP contribution in [0, 0.1) is 17.6 Å². The Morgan fingerprint density at radius 3 is 2.36 bits per heavy atom. The second-order valence-corrected chi connectivity index (χ2v) is 13.3. The minimum atomic E-state index is -3.19. The van der Waals surface area contributed by atoms with Crippen molar-refractivity contribution in [3.8, 4) is 5.69 Å². The van der Waals surface area contributed by atoms with Crippen molar-refractivity contribution in [1.29, 1.82) is 0 Å². The van der Waals surface area contributed by atoms with Crippen molar-refractivity contribution in [3.05, 3.63) is 75.5 Å². The number of rotatable bonds is 7. The Hall–Kier alpha value is -1.65. The van der Waals surface area contributed by atoms with E-state index >= 15 is 0 Å². The van der Waals surface area contributed by atoms with Crippen LogP contribution in [0.25, 0.3) is 5.69 Å². The minimum Gasteiger partial charge on any atom is -0.291 e. The standard InChI is InChI=1S/C25H27Cl2F2N3O2S2/c1-25(2,17-4-6-19(26)20(27)12-17)23-14-30-24(32(23)18-5-7-21(28)22(29)13-18)35-15-16-8-10-31(11-9-16)36(3,33)34/h4-7,12-14,16H,8-11,15H2,1-3H3. The molecule has 0 spiro atoms. The van der Waals surface area contributed by atoms with Gasteiger partial charge in [-0.2, -0.15) is 0 Å². The molecule has 2 aromatic carbocycles. The van der Waals surface area contributed by atoms with Gasteiger partial charge in [0.1, 0.15) is 0 Å². The highest BCUT2D eigenvalue weighted by atomic mass is 35.5. The van der Waals surface area contributed by atoms with E-state index < -0.39 is 27.1 Å². The number of piperidine rings is 1. The van der Waals surface area contributed by atoms with Crippen LogP contribution in [0.1, 0.15) is 37.9 Å². The number of benzene rings is 2. The molecule has 3 aromatic rings. The van der Waals surface area contributed by atoms with Gasteiger partial charge in [0.25, 0.3) is 0 Å². The summed E-state index contributed by atoms with van der Waals surface area (Å²) in [6.07, 6.45) is 4.50. The summed E-state index contributed by atoms with van der Waals surface area (Å²) in [7, 11) is -3.19. The quantitative estimate of drug-likeness (QED) is 0.301. The Morgan fingerprint density at radius 2 is 1.75 bits per heavy atom. The molecule has 0 bridgehead atoms. The highest BCUT2D eigenvalue weighted by molar-refractivity contribution is 7.99. The van der Waals surface area contributed by atoms with E-state index in [0.717, 1.165) is 35.9 Å². The van der Waals surface area contributed by atoms with Crippen molar-refractivity contribution in [3.63, 3.8) is 0 Å². The molecule has 4 rings (SSSR count). The fraction of sp³-hybridized carbons (Fsp3) is 0.400. The summed E-state index contributed by atoms with van der Waals surface area (Å²) >= 11 is 13.9. The molecule has 36 heavy (non-hydrogen) atoms. The van der Waals surface area contributed by atoms with E-state index in [1.807, 2.05) is 24.5 Å².